The molecule has 4 rings (SSSR count). The average Bonchev–Trinajstić information content (AvgIpc) is 3.27. The minimum absolute atomic E-state index is 0.120. The molecule has 0 aromatic rings. The zero-order valence-corrected chi connectivity index (χ0v) is 12.0. The number of hydrogen-bond donors (Lipinski definition) is 1. The fraction of sp³-hybridized carbons (Fsp3) is 0.938. The van der Waals surface area contributed by atoms with E-state index in [1.807, 2.05) is 0 Å². The maximum absolute atomic E-state index is 12.8. The van der Waals surface area contributed by atoms with Crippen LogP contribution in [0.2, 0.25) is 0 Å². The van der Waals surface area contributed by atoms with Crippen LogP contribution >= 0.6 is 0 Å². The summed E-state index contributed by atoms with van der Waals surface area (Å²) >= 11 is 0. The first kappa shape index (κ1) is 12.2. The third-order valence-electron chi connectivity index (χ3n) is 5.81. The Bertz CT molecular complexity index is 380. The van der Waals surface area contributed by atoms with Gasteiger partial charge in [-0.2, -0.15) is 0 Å². The van der Waals surface area contributed by atoms with Crippen LogP contribution in [-0.4, -0.2) is 28.6 Å². The summed E-state index contributed by atoms with van der Waals surface area (Å²) in [7, 11) is 0. The predicted octanol–water partition coefficient (Wildman–Crippen LogP) is 2.66. The van der Waals surface area contributed by atoms with Crippen molar-refractivity contribution >= 4 is 5.91 Å². The molecular formula is C16H26N2O. The van der Waals surface area contributed by atoms with Gasteiger partial charge in [0.25, 0.3) is 0 Å². The largest absolute Gasteiger partial charge is 0.323 e. The number of nitrogens with zero attached hydrogens (tertiary/aromatic N) is 1. The number of hydrogen-bond acceptors (Lipinski definition) is 2. The predicted molar refractivity (Wildman–Crippen MR) is 74.5 cm³/mol. The molecule has 19 heavy (non-hydrogen) atoms. The number of rotatable bonds is 4. The highest BCUT2D eigenvalue weighted by atomic mass is 16.2. The third kappa shape index (κ3) is 2.01. The molecule has 4 aliphatic rings. The van der Waals surface area contributed by atoms with Crippen LogP contribution in [-0.2, 0) is 4.79 Å². The first-order chi connectivity index (χ1) is 9.20. The Morgan fingerprint density at radius 3 is 2.53 bits per heavy atom. The van der Waals surface area contributed by atoms with Crippen LogP contribution in [0.4, 0.5) is 0 Å². The van der Waals surface area contributed by atoms with Crippen LogP contribution < -0.4 is 5.32 Å². The zero-order valence-electron chi connectivity index (χ0n) is 12.0. The smallest absolute Gasteiger partial charge is 0.244 e. The Kier molecular flexibility index (Phi) is 2.70. The van der Waals surface area contributed by atoms with Crippen molar-refractivity contribution in [3.63, 3.8) is 0 Å². The van der Waals surface area contributed by atoms with E-state index in [0.717, 1.165) is 18.8 Å². The van der Waals surface area contributed by atoms with Crippen LogP contribution in [0.1, 0.15) is 64.7 Å². The van der Waals surface area contributed by atoms with Crippen molar-refractivity contribution in [3.05, 3.63) is 0 Å². The molecular weight excluding hydrogens is 236 g/mol. The van der Waals surface area contributed by atoms with Crippen LogP contribution in [0.15, 0.2) is 0 Å². The lowest BCUT2D eigenvalue weighted by Gasteiger charge is -2.34. The van der Waals surface area contributed by atoms with E-state index >= 15 is 0 Å². The summed E-state index contributed by atoms with van der Waals surface area (Å²) in [5.74, 6) is 2.05. The molecule has 1 spiro atoms. The fourth-order valence-corrected chi connectivity index (χ4v) is 4.31. The lowest BCUT2D eigenvalue weighted by atomic mass is 10.0. The van der Waals surface area contributed by atoms with Gasteiger partial charge in [-0.05, 0) is 50.9 Å². The highest BCUT2D eigenvalue weighted by molar-refractivity contribution is 5.92. The summed E-state index contributed by atoms with van der Waals surface area (Å²) in [6.07, 6.45) is 11.8. The van der Waals surface area contributed by atoms with Crippen LogP contribution in [0.3, 0.4) is 0 Å². The van der Waals surface area contributed by atoms with E-state index in [9.17, 15) is 4.79 Å². The Labute approximate surface area is 116 Å². The van der Waals surface area contributed by atoms with E-state index < -0.39 is 0 Å². The Hall–Kier alpha value is -0.570. The van der Waals surface area contributed by atoms with Gasteiger partial charge in [0.05, 0.1) is 11.7 Å². The van der Waals surface area contributed by atoms with Gasteiger partial charge in [0.1, 0.15) is 0 Å². The molecule has 1 N–H and O–H groups in total. The van der Waals surface area contributed by atoms with Gasteiger partial charge in [-0.25, -0.2) is 0 Å². The van der Waals surface area contributed by atoms with Crippen LogP contribution in [0, 0.1) is 11.8 Å². The second-order valence-electron chi connectivity index (χ2n) is 7.46. The summed E-state index contributed by atoms with van der Waals surface area (Å²) in [4.78, 5) is 15.0. The normalized spacial score (nSPS) is 35.3. The van der Waals surface area contributed by atoms with Gasteiger partial charge < -0.3 is 4.90 Å². The molecule has 1 amide bonds. The summed E-state index contributed by atoms with van der Waals surface area (Å²) in [6, 6.07) is 0.443. The highest BCUT2D eigenvalue weighted by Gasteiger charge is 2.61. The zero-order chi connectivity index (χ0) is 13.0. The van der Waals surface area contributed by atoms with Crippen LogP contribution in [0.25, 0.3) is 0 Å². The molecule has 3 saturated carbocycles. The molecule has 0 aromatic heterocycles. The average molecular weight is 262 g/mol. The summed E-state index contributed by atoms with van der Waals surface area (Å²) in [5.41, 5.74) is -0.120. The third-order valence-corrected chi connectivity index (χ3v) is 5.81. The quantitative estimate of drug-likeness (QED) is 0.845. The van der Waals surface area contributed by atoms with E-state index in [0.29, 0.717) is 24.0 Å². The molecule has 3 aliphatic carbocycles. The Morgan fingerprint density at radius 1 is 1.26 bits per heavy atom. The van der Waals surface area contributed by atoms with Crippen molar-refractivity contribution in [2.24, 2.45) is 11.8 Å². The second kappa shape index (κ2) is 4.21. The lowest BCUT2D eigenvalue weighted by Crippen LogP contribution is -2.47. The SMILES string of the molecule is CC(CC1CC1)N1C(=O)C2(CC2)NC1C1CCCC1. The van der Waals surface area contributed by atoms with Gasteiger partial charge in [0, 0.05) is 6.04 Å². The minimum Gasteiger partial charge on any atom is -0.323 e. The first-order valence-corrected chi connectivity index (χ1v) is 8.30. The monoisotopic (exact) mass is 262 g/mol. The van der Waals surface area contributed by atoms with Crippen molar-refractivity contribution in [1.29, 1.82) is 0 Å². The molecule has 2 unspecified atom stereocenters. The summed E-state index contributed by atoms with van der Waals surface area (Å²) < 4.78 is 0. The molecule has 0 aromatic carbocycles. The number of carbonyl (C=O) groups excluding carboxylic acids is 1. The maximum Gasteiger partial charge on any atom is 0.244 e. The molecule has 1 heterocycles. The van der Waals surface area contributed by atoms with Crippen molar-refractivity contribution in [1.82, 2.24) is 10.2 Å². The number of amides is 1. The number of carbonyl (C=O) groups is 1. The minimum atomic E-state index is -0.120. The molecule has 1 aliphatic heterocycles. The molecule has 1 saturated heterocycles. The van der Waals surface area contributed by atoms with Crippen molar-refractivity contribution in [2.45, 2.75) is 82.5 Å². The van der Waals surface area contributed by atoms with Gasteiger partial charge in [-0.1, -0.05) is 25.7 Å². The van der Waals surface area contributed by atoms with E-state index in [1.165, 1.54) is 44.9 Å². The van der Waals surface area contributed by atoms with E-state index in [2.05, 4.69) is 17.1 Å². The number of nitrogens with one attached hydrogen (secondary N) is 1. The molecule has 0 bridgehead atoms. The van der Waals surface area contributed by atoms with E-state index in [4.69, 9.17) is 0 Å². The molecule has 0 radical (unpaired) electrons. The van der Waals surface area contributed by atoms with Gasteiger partial charge in [-0.3, -0.25) is 10.1 Å². The molecule has 2 atom stereocenters. The van der Waals surface area contributed by atoms with Gasteiger partial charge in [0.15, 0.2) is 0 Å². The maximum atomic E-state index is 12.8. The van der Waals surface area contributed by atoms with Crippen molar-refractivity contribution in [2.75, 3.05) is 0 Å². The Morgan fingerprint density at radius 2 is 1.95 bits per heavy atom. The van der Waals surface area contributed by atoms with Crippen molar-refractivity contribution < 1.29 is 4.79 Å². The highest BCUT2D eigenvalue weighted by Crippen LogP contribution is 2.47. The van der Waals surface area contributed by atoms with E-state index in [-0.39, 0.29) is 5.54 Å². The van der Waals surface area contributed by atoms with E-state index in [1.54, 1.807) is 0 Å². The van der Waals surface area contributed by atoms with Crippen LogP contribution in [0.5, 0.6) is 0 Å². The van der Waals surface area contributed by atoms with Gasteiger partial charge in [0.2, 0.25) is 5.91 Å². The molecule has 3 heteroatoms. The molecule has 106 valence electrons. The summed E-state index contributed by atoms with van der Waals surface area (Å²) in [6.45, 7) is 2.28. The standard InChI is InChI=1S/C16H26N2O/c1-11(10-12-6-7-12)18-14(13-4-2-3-5-13)17-16(8-9-16)15(18)19/h11-14,17H,2-10H2,1H3. The second-order valence-corrected chi connectivity index (χ2v) is 7.46. The lowest BCUT2D eigenvalue weighted by molar-refractivity contribution is -0.133. The first-order valence-electron chi connectivity index (χ1n) is 8.30. The van der Waals surface area contributed by atoms with Gasteiger partial charge >= 0.3 is 0 Å². The topological polar surface area (TPSA) is 32.3 Å². The summed E-state index contributed by atoms with van der Waals surface area (Å²) in [5, 5.41) is 3.73. The molecule has 3 nitrogen and oxygen atoms in total. The van der Waals surface area contributed by atoms with Gasteiger partial charge in [-0.15, -0.1) is 0 Å². The fourth-order valence-electron chi connectivity index (χ4n) is 4.31. The molecule has 4 fully saturated rings. The van der Waals surface area contributed by atoms with Crippen molar-refractivity contribution in [3.8, 4) is 0 Å². The Balaban J connectivity index is 1.54.